The Morgan fingerprint density at radius 1 is 1.07 bits per heavy atom. The van der Waals surface area contributed by atoms with Crippen LogP contribution in [0.1, 0.15) is 41.8 Å². The van der Waals surface area contributed by atoms with Gasteiger partial charge >= 0.3 is 5.97 Å². The normalized spacial score (nSPS) is 11.6. The van der Waals surface area contributed by atoms with E-state index in [1.807, 2.05) is 39.0 Å². The van der Waals surface area contributed by atoms with Gasteiger partial charge in [-0.05, 0) is 68.7 Å². The van der Waals surface area contributed by atoms with Gasteiger partial charge in [0.05, 0.1) is 22.9 Å². The van der Waals surface area contributed by atoms with Crippen molar-refractivity contribution in [3.63, 3.8) is 0 Å². The van der Waals surface area contributed by atoms with Crippen molar-refractivity contribution >= 4 is 29.2 Å². The molecule has 0 saturated carbocycles. The van der Waals surface area contributed by atoms with Crippen molar-refractivity contribution in [1.29, 1.82) is 0 Å². The standard InChI is InChI=1S/C21H24ClNO4/c1-5-19(27-16-9-7-13(3)14(4)11-16)20(24)23-18-10-8-15(12-17(18)22)21(25)26-6-2/h7-12,19H,5-6H2,1-4H3,(H,23,24)/t19-/m1/s1. The van der Waals surface area contributed by atoms with Gasteiger partial charge in [0.1, 0.15) is 5.75 Å². The van der Waals surface area contributed by atoms with Gasteiger partial charge in [-0.3, -0.25) is 4.79 Å². The number of esters is 1. The molecule has 0 aromatic heterocycles. The first-order valence-corrected chi connectivity index (χ1v) is 9.25. The molecule has 2 aromatic rings. The largest absolute Gasteiger partial charge is 0.481 e. The Balaban J connectivity index is 2.09. The van der Waals surface area contributed by atoms with E-state index in [2.05, 4.69) is 5.32 Å². The second-order valence-corrected chi connectivity index (χ2v) is 6.57. The van der Waals surface area contributed by atoms with Crippen molar-refractivity contribution in [2.75, 3.05) is 11.9 Å². The first kappa shape index (κ1) is 20.8. The number of aryl methyl sites for hydroxylation is 2. The first-order valence-electron chi connectivity index (χ1n) is 8.87. The summed E-state index contributed by atoms with van der Waals surface area (Å²) in [4.78, 5) is 24.3. The highest BCUT2D eigenvalue weighted by Gasteiger charge is 2.20. The topological polar surface area (TPSA) is 64.6 Å². The van der Waals surface area contributed by atoms with Gasteiger partial charge in [-0.1, -0.05) is 24.6 Å². The highest BCUT2D eigenvalue weighted by Crippen LogP contribution is 2.25. The third kappa shape index (κ3) is 5.47. The molecule has 0 saturated heterocycles. The summed E-state index contributed by atoms with van der Waals surface area (Å²) in [6, 6.07) is 10.3. The van der Waals surface area contributed by atoms with Crippen LogP contribution in [0.15, 0.2) is 36.4 Å². The zero-order chi connectivity index (χ0) is 20.0. The lowest BCUT2D eigenvalue weighted by molar-refractivity contribution is -0.122. The SMILES string of the molecule is CCOC(=O)c1ccc(NC(=O)[C@@H](CC)Oc2ccc(C)c(C)c2)c(Cl)c1. The number of ether oxygens (including phenoxy) is 2. The minimum Gasteiger partial charge on any atom is -0.481 e. The van der Waals surface area contributed by atoms with E-state index < -0.39 is 12.1 Å². The fourth-order valence-electron chi connectivity index (χ4n) is 2.44. The number of carbonyl (C=O) groups is 2. The first-order chi connectivity index (χ1) is 12.8. The van der Waals surface area contributed by atoms with Crippen molar-refractivity contribution in [2.24, 2.45) is 0 Å². The molecule has 27 heavy (non-hydrogen) atoms. The molecule has 0 heterocycles. The van der Waals surface area contributed by atoms with E-state index in [0.29, 0.717) is 23.4 Å². The van der Waals surface area contributed by atoms with Crippen molar-refractivity contribution in [3.8, 4) is 5.75 Å². The second-order valence-electron chi connectivity index (χ2n) is 6.17. The van der Waals surface area contributed by atoms with E-state index in [1.54, 1.807) is 19.1 Å². The Kier molecular flexibility index (Phi) is 7.25. The Bertz CT molecular complexity index is 835. The van der Waals surface area contributed by atoms with Gasteiger partial charge < -0.3 is 14.8 Å². The molecule has 6 heteroatoms. The van der Waals surface area contributed by atoms with Crippen LogP contribution < -0.4 is 10.1 Å². The average Bonchev–Trinajstić information content (AvgIpc) is 2.64. The van der Waals surface area contributed by atoms with Gasteiger partial charge in [-0.2, -0.15) is 0 Å². The number of halogens is 1. The number of hydrogen-bond acceptors (Lipinski definition) is 4. The molecule has 0 unspecified atom stereocenters. The van der Waals surface area contributed by atoms with Crippen LogP contribution in [0.5, 0.6) is 5.75 Å². The lowest BCUT2D eigenvalue weighted by atomic mass is 10.1. The van der Waals surface area contributed by atoms with Crippen molar-refractivity contribution < 1.29 is 19.1 Å². The van der Waals surface area contributed by atoms with Crippen LogP contribution in [-0.2, 0) is 9.53 Å². The third-order valence-corrected chi connectivity index (χ3v) is 4.47. The predicted octanol–water partition coefficient (Wildman–Crippen LogP) is 4.93. The van der Waals surface area contributed by atoms with Crippen LogP contribution in [0.3, 0.4) is 0 Å². The number of hydrogen-bond donors (Lipinski definition) is 1. The molecular weight excluding hydrogens is 366 g/mol. The molecule has 1 N–H and O–H groups in total. The summed E-state index contributed by atoms with van der Waals surface area (Å²) in [6.07, 6.45) is -0.162. The maximum Gasteiger partial charge on any atom is 0.338 e. The monoisotopic (exact) mass is 389 g/mol. The van der Waals surface area contributed by atoms with Gasteiger partial charge in [0.2, 0.25) is 0 Å². The van der Waals surface area contributed by atoms with Gasteiger partial charge in [-0.15, -0.1) is 0 Å². The summed E-state index contributed by atoms with van der Waals surface area (Å²) in [5.41, 5.74) is 3.00. The molecule has 2 aromatic carbocycles. The van der Waals surface area contributed by atoms with Crippen LogP contribution in [0.25, 0.3) is 0 Å². The molecule has 0 fully saturated rings. The summed E-state index contributed by atoms with van der Waals surface area (Å²) in [5.74, 6) is -0.118. The van der Waals surface area contributed by atoms with Crippen molar-refractivity contribution in [3.05, 3.63) is 58.1 Å². The van der Waals surface area contributed by atoms with Gasteiger partial charge in [0.25, 0.3) is 5.91 Å². The van der Waals surface area contributed by atoms with Crippen LogP contribution in [0, 0.1) is 13.8 Å². The summed E-state index contributed by atoms with van der Waals surface area (Å²) < 4.78 is 10.8. The second kappa shape index (κ2) is 9.42. The van der Waals surface area contributed by atoms with Crippen LogP contribution >= 0.6 is 11.6 Å². The maximum atomic E-state index is 12.6. The number of benzene rings is 2. The Labute approximate surface area is 164 Å². The van der Waals surface area contributed by atoms with E-state index in [-0.39, 0.29) is 17.5 Å². The molecule has 144 valence electrons. The minimum atomic E-state index is -0.659. The zero-order valence-corrected chi connectivity index (χ0v) is 16.7. The maximum absolute atomic E-state index is 12.6. The predicted molar refractivity (Wildman–Crippen MR) is 107 cm³/mol. The number of nitrogens with one attached hydrogen (secondary N) is 1. The molecule has 0 aliphatic heterocycles. The lowest BCUT2D eigenvalue weighted by Crippen LogP contribution is -2.32. The molecule has 0 aliphatic carbocycles. The van der Waals surface area contributed by atoms with Crippen LogP contribution in [0.2, 0.25) is 5.02 Å². The summed E-state index contributed by atoms with van der Waals surface area (Å²) in [6.45, 7) is 7.90. The van der Waals surface area contributed by atoms with Gasteiger partial charge in [0.15, 0.2) is 6.10 Å². The molecule has 5 nitrogen and oxygen atoms in total. The van der Waals surface area contributed by atoms with E-state index in [0.717, 1.165) is 11.1 Å². The average molecular weight is 390 g/mol. The van der Waals surface area contributed by atoms with Crippen LogP contribution in [-0.4, -0.2) is 24.6 Å². The molecule has 0 aliphatic rings. The molecule has 0 bridgehead atoms. The zero-order valence-electron chi connectivity index (χ0n) is 16.0. The van der Waals surface area contributed by atoms with Crippen molar-refractivity contribution in [2.45, 2.75) is 40.2 Å². The number of carbonyl (C=O) groups excluding carboxylic acids is 2. The third-order valence-electron chi connectivity index (χ3n) is 4.16. The Morgan fingerprint density at radius 2 is 1.81 bits per heavy atom. The summed E-state index contributed by atoms with van der Waals surface area (Å²) >= 11 is 6.20. The number of anilines is 1. The molecule has 0 spiro atoms. The fraction of sp³-hybridized carbons (Fsp3) is 0.333. The quantitative estimate of drug-likeness (QED) is 0.682. The minimum absolute atomic E-state index is 0.259. The van der Waals surface area contributed by atoms with Crippen LogP contribution in [0.4, 0.5) is 5.69 Å². The lowest BCUT2D eigenvalue weighted by Gasteiger charge is -2.18. The molecule has 1 amide bonds. The Morgan fingerprint density at radius 3 is 2.41 bits per heavy atom. The van der Waals surface area contributed by atoms with Gasteiger partial charge in [0, 0.05) is 0 Å². The highest BCUT2D eigenvalue weighted by molar-refractivity contribution is 6.34. The molecular formula is C21H24ClNO4. The smallest absolute Gasteiger partial charge is 0.338 e. The molecule has 0 radical (unpaired) electrons. The van der Waals surface area contributed by atoms with E-state index in [4.69, 9.17) is 21.1 Å². The highest BCUT2D eigenvalue weighted by atomic mass is 35.5. The summed E-state index contributed by atoms with van der Waals surface area (Å²) in [5, 5.41) is 3.02. The van der Waals surface area contributed by atoms with E-state index in [1.165, 1.54) is 6.07 Å². The van der Waals surface area contributed by atoms with Gasteiger partial charge in [-0.25, -0.2) is 4.79 Å². The van der Waals surface area contributed by atoms with Crippen molar-refractivity contribution in [1.82, 2.24) is 0 Å². The van der Waals surface area contributed by atoms with E-state index in [9.17, 15) is 9.59 Å². The summed E-state index contributed by atoms with van der Waals surface area (Å²) in [7, 11) is 0. The number of amides is 1. The van der Waals surface area contributed by atoms with E-state index >= 15 is 0 Å². The Hall–Kier alpha value is -2.53. The molecule has 1 atom stereocenters. The number of rotatable bonds is 7. The fourth-order valence-corrected chi connectivity index (χ4v) is 2.67. The molecule has 2 rings (SSSR count).